The minimum Gasteiger partial charge on any atom is -0.504 e. The number of methoxy groups -OCH3 is 1. The number of aromatic nitrogens is 1. The Balaban J connectivity index is 0.000000868. The SMILES string of the molecule is COc1ccc(C(=O)N2CCC3(C(=O)Nc4ccccc43)C2c2cccnc2)cc1O.O=CO. The summed E-state index contributed by atoms with van der Waals surface area (Å²) in [5, 5.41) is 20.1. The van der Waals surface area contributed by atoms with Crippen LogP contribution in [0.15, 0.2) is 67.0 Å². The molecule has 2 unspecified atom stereocenters. The minimum absolute atomic E-state index is 0.107. The van der Waals surface area contributed by atoms with Crippen LogP contribution in [0.3, 0.4) is 0 Å². The van der Waals surface area contributed by atoms with Gasteiger partial charge in [0, 0.05) is 30.2 Å². The van der Waals surface area contributed by atoms with Crippen molar-refractivity contribution in [1.29, 1.82) is 0 Å². The molecule has 1 aromatic heterocycles. The summed E-state index contributed by atoms with van der Waals surface area (Å²) >= 11 is 0. The third-order valence-corrected chi connectivity index (χ3v) is 6.27. The van der Waals surface area contributed by atoms with Crippen LogP contribution in [-0.2, 0) is 15.0 Å². The molecule has 2 aliphatic rings. The Kier molecular flexibility index (Phi) is 6.18. The number of carbonyl (C=O) groups is 3. The van der Waals surface area contributed by atoms with Crippen LogP contribution in [0.1, 0.15) is 33.9 Å². The maximum absolute atomic E-state index is 13.6. The molecule has 2 aromatic carbocycles. The van der Waals surface area contributed by atoms with E-state index in [4.69, 9.17) is 14.6 Å². The van der Waals surface area contributed by atoms with E-state index in [-0.39, 0.29) is 24.0 Å². The highest BCUT2D eigenvalue weighted by atomic mass is 16.5. The van der Waals surface area contributed by atoms with Gasteiger partial charge in [0.25, 0.3) is 12.4 Å². The highest BCUT2D eigenvalue weighted by Crippen LogP contribution is 2.54. The van der Waals surface area contributed by atoms with Gasteiger partial charge in [0.15, 0.2) is 11.5 Å². The molecular formula is C25H23N3O6. The topological polar surface area (TPSA) is 129 Å². The number of pyridine rings is 1. The number of anilines is 1. The Labute approximate surface area is 195 Å². The molecule has 2 amide bonds. The summed E-state index contributed by atoms with van der Waals surface area (Å²) in [6.45, 7) is 0.146. The van der Waals surface area contributed by atoms with Crippen molar-refractivity contribution in [1.82, 2.24) is 9.88 Å². The third-order valence-electron chi connectivity index (χ3n) is 6.27. The van der Waals surface area contributed by atoms with Crippen molar-refractivity contribution in [2.75, 3.05) is 19.0 Å². The van der Waals surface area contributed by atoms with Crippen LogP contribution in [0.5, 0.6) is 11.5 Å². The lowest BCUT2D eigenvalue weighted by Gasteiger charge is -2.34. The van der Waals surface area contributed by atoms with Gasteiger partial charge in [-0.1, -0.05) is 24.3 Å². The van der Waals surface area contributed by atoms with Crippen molar-refractivity contribution in [3.8, 4) is 11.5 Å². The molecular weight excluding hydrogens is 438 g/mol. The van der Waals surface area contributed by atoms with Gasteiger partial charge >= 0.3 is 0 Å². The van der Waals surface area contributed by atoms with Gasteiger partial charge in [0.1, 0.15) is 5.41 Å². The maximum atomic E-state index is 13.6. The van der Waals surface area contributed by atoms with Crippen LogP contribution in [0, 0.1) is 0 Å². The number of benzene rings is 2. The number of fused-ring (bicyclic) bond motifs is 2. The third kappa shape index (κ3) is 3.61. The number of carboxylic acid groups (broad SMARTS) is 1. The highest BCUT2D eigenvalue weighted by Gasteiger charge is 2.59. The first-order valence-corrected chi connectivity index (χ1v) is 10.5. The summed E-state index contributed by atoms with van der Waals surface area (Å²) in [5.74, 6) is -0.192. The quantitative estimate of drug-likeness (QED) is 0.512. The van der Waals surface area contributed by atoms with Crippen molar-refractivity contribution in [2.45, 2.75) is 17.9 Å². The van der Waals surface area contributed by atoms with Crippen molar-refractivity contribution in [2.24, 2.45) is 0 Å². The Morgan fingerprint density at radius 1 is 1.24 bits per heavy atom. The molecule has 174 valence electrons. The molecule has 0 saturated carbocycles. The highest BCUT2D eigenvalue weighted by molar-refractivity contribution is 6.08. The number of phenolic OH excluding ortho intramolecular Hbond substituents is 1. The summed E-state index contributed by atoms with van der Waals surface area (Å²) in [5.41, 5.74) is 1.89. The largest absolute Gasteiger partial charge is 0.504 e. The van der Waals surface area contributed by atoms with Gasteiger partial charge in [-0.05, 0) is 47.9 Å². The number of amides is 2. The van der Waals surface area contributed by atoms with Gasteiger partial charge in [-0.15, -0.1) is 0 Å². The molecule has 9 nitrogen and oxygen atoms in total. The van der Waals surface area contributed by atoms with Gasteiger partial charge in [-0.2, -0.15) is 0 Å². The lowest BCUT2D eigenvalue weighted by Crippen LogP contribution is -2.42. The van der Waals surface area contributed by atoms with E-state index in [9.17, 15) is 14.7 Å². The average molecular weight is 461 g/mol. The van der Waals surface area contributed by atoms with Gasteiger partial charge in [0.2, 0.25) is 5.91 Å². The van der Waals surface area contributed by atoms with Crippen molar-refractivity contribution < 1.29 is 29.3 Å². The number of hydrogen-bond acceptors (Lipinski definition) is 6. The molecule has 2 atom stereocenters. The van der Waals surface area contributed by atoms with Gasteiger partial charge < -0.3 is 25.2 Å². The molecule has 3 heterocycles. The van der Waals surface area contributed by atoms with Crippen LogP contribution < -0.4 is 10.1 Å². The molecule has 3 aromatic rings. The van der Waals surface area contributed by atoms with E-state index in [2.05, 4.69) is 10.3 Å². The minimum atomic E-state index is -0.899. The number of aromatic hydroxyl groups is 1. The average Bonchev–Trinajstić information content (AvgIpc) is 3.39. The molecule has 1 spiro atoms. The number of likely N-dealkylation sites (tertiary alicyclic amines) is 1. The molecule has 0 radical (unpaired) electrons. The van der Waals surface area contributed by atoms with Crippen LogP contribution >= 0.6 is 0 Å². The number of nitrogens with zero attached hydrogens (tertiary/aromatic N) is 2. The first kappa shape index (κ1) is 22.8. The van der Waals surface area contributed by atoms with E-state index in [1.807, 2.05) is 36.4 Å². The van der Waals surface area contributed by atoms with E-state index in [1.165, 1.54) is 13.2 Å². The molecule has 1 fully saturated rings. The van der Waals surface area contributed by atoms with E-state index in [0.717, 1.165) is 16.8 Å². The second kappa shape index (κ2) is 9.22. The second-order valence-electron chi connectivity index (χ2n) is 7.90. The lowest BCUT2D eigenvalue weighted by molar-refractivity contribution is -0.123. The van der Waals surface area contributed by atoms with Gasteiger partial charge in [-0.25, -0.2) is 0 Å². The van der Waals surface area contributed by atoms with Crippen LogP contribution in [0.25, 0.3) is 0 Å². The van der Waals surface area contributed by atoms with Crippen LogP contribution in [0.4, 0.5) is 5.69 Å². The van der Waals surface area contributed by atoms with E-state index in [1.54, 1.807) is 29.4 Å². The van der Waals surface area contributed by atoms with E-state index < -0.39 is 11.5 Å². The Morgan fingerprint density at radius 3 is 2.68 bits per heavy atom. The number of phenols is 1. The summed E-state index contributed by atoms with van der Waals surface area (Å²) in [4.78, 5) is 41.2. The Bertz CT molecular complexity index is 1230. The fourth-order valence-corrected chi connectivity index (χ4v) is 4.90. The molecule has 2 aliphatic heterocycles. The molecule has 3 N–H and O–H groups in total. The zero-order valence-corrected chi connectivity index (χ0v) is 18.3. The number of hydrogen-bond donors (Lipinski definition) is 3. The van der Waals surface area contributed by atoms with E-state index in [0.29, 0.717) is 24.3 Å². The zero-order valence-electron chi connectivity index (χ0n) is 18.3. The molecule has 34 heavy (non-hydrogen) atoms. The number of ether oxygens (including phenoxy) is 1. The maximum Gasteiger partial charge on any atom is 0.290 e. The van der Waals surface area contributed by atoms with Crippen molar-refractivity contribution >= 4 is 24.0 Å². The fourth-order valence-electron chi connectivity index (χ4n) is 4.90. The molecule has 1 saturated heterocycles. The number of carbonyl (C=O) groups excluding carboxylic acids is 2. The normalized spacial score (nSPS) is 20.2. The molecule has 5 rings (SSSR count). The van der Waals surface area contributed by atoms with Crippen molar-refractivity contribution in [3.05, 3.63) is 83.7 Å². The summed E-state index contributed by atoms with van der Waals surface area (Å²) in [6.07, 6.45) is 3.86. The predicted octanol–water partition coefficient (Wildman–Crippen LogP) is 2.97. The number of nitrogens with one attached hydrogen (secondary N) is 1. The monoisotopic (exact) mass is 461 g/mol. The zero-order chi connectivity index (χ0) is 24.3. The van der Waals surface area contributed by atoms with Crippen LogP contribution in [0.2, 0.25) is 0 Å². The molecule has 0 bridgehead atoms. The summed E-state index contributed by atoms with van der Waals surface area (Å²) in [6, 6.07) is 15.4. The van der Waals surface area contributed by atoms with E-state index >= 15 is 0 Å². The molecule has 9 heteroatoms. The second-order valence-corrected chi connectivity index (χ2v) is 7.90. The number of rotatable bonds is 3. The smallest absolute Gasteiger partial charge is 0.290 e. The standard InChI is InChI=1S/C24H21N3O4.CH2O2/c1-31-20-9-8-15(13-19(20)28)22(29)27-12-10-24(21(27)16-5-4-11-25-14-16)17-6-2-3-7-18(17)26-23(24)30;2-1-3/h2-9,11,13-14,21,28H,10,12H2,1H3,(H,26,30);1H,(H,2,3). The Hall–Kier alpha value is -4.40. The Morgan fingerprint density at radius 2 is 2.00 bits per heavy atom. The fraction of sp³-hybridized carbons (Fsp3) is 0.200. The van der Waals surface area contributed by atoms with Crippen LogP contribution in [-0.4, -0.2) is 52.0 Å². The van der Waals surface area contributed by atoms with Gasteiger partial charge in [0.05, 0.1) is 13.2 Å². The summed E-state index contributed by atoms with van der Waals surface area (Å²) in [7, 11) is 1.45. The lowest BCUT2D eigenvalue weighted by atomic mass is 9.73. The first-order chi connectivity index (χ1) is 16.5. The summed E-state index contributed by atoms with van der Waals surface area (Å²) < 4.78 is 5.09. The van der Waals surface area contributed by atoms with Crippen molar-refractivity contribution in [3.63, 3.8) is 0 Å². The molecule has 0 aliphatic carbocycles. The first-order valence-electron chi connectivity index (χ1n) is 10.5. The van der Waals surface area contributed by atoms with Gasteiger partial charge in [-0.3, -0.25) is 19.4 Å². The number of para-hydroxylation sites is 1. The predicted molar refractivity (Wildman–Crippen MR) is 123 cm³/mol.